The minimum atomic E-state index is -0.126. The van der Waals surface area contributed by atoms with Gasteiger partial charge in [0.05, 0.1) is 18.8 Å². The first-order valence-corrected chi connectivity index (χ1v) is 9.05. The van der Waals surface area contributed by atoms with Crippen LogP contribution in [0.3, 0.4) is 0 Å². The first-order valence-electron chi connectivity index (χ1n) is 9.05. The number of rotatable bonds is 10. The van der Waals surface area contributed by atoms with E-state index in [1.807, 2.05) is 0 Å². The van der Waals surface area contributed by atoms with Gasteiger partial charge in [0.15, 0.2) is 0 Å². The molecular weight excluding hydrogens is 262 g/mol. The average Bonchev–Trinajstić information content (AvgIpc) is 2.43. The highest BCUT2D eigenvalue weighted by molar-refractivity contribution is 4.95. The number of aliphatic hydroxyl groups is 1. The van der Waals surface area contributed by atoms with Gasteiger partial charge in [-0.3, -0.25) is 0 Å². The van der Waals surface area contributed by atoms with E-state index in [-0.39, 0.29) is 12.1 Å². The van der Waals surface area contributed by atoms with Crippen LogP contribution in [0.5, 0.6) is 0 Å². The fourth-order valence-electron chi connectivity index (χ4n) is 3.61. The molecule has 0 bridgehead atoms. The van der Waals surface area contributed by atoms with Crippen LogP contribution in [0.1, 0.15) is 85.5 Å². The third kappa shape index (κ3) is 7.12. The second kappa shape index (κ2) is 9.81. The molecular formula is C18H37NO2. The summed E-state index contributed by atoms with van der Waals surface area (Å²) in [6, 6.07) is 0.405. The van der Waals surface area contributed by atoms with Crippen LogP contribution in [0.4, 0.5) is 0 Å². The summed E-state index contributed by atoms with van der Waals surface area (Å²) in [5.41, 5.74) is -0.126. The molecule has 0 aliphatic heterocycles. The lowest BCUT2D eigenvalue weighted by Gasteiger charge is -2.42. The molecule has 3 atom stereocenters. The molecule has 0 heterocycles. The maximum absolute atomic E-state index is 9.82. The van der Waals surface area contributed by atoms with Gasteiger partial charge < -0.3 is 15.2 Å². The van der Waals surface area contributed by atoms with Crippen molar-refractivity contribution in [3.63, 3.8) is 0 Å². The van der Waals surface area contributed by atoms with Crippen molar-refractivity contribution in [1.82, 2.24) is 5.32 Å². The summed E-state index contributed by atoms with van der Waals surface area (Å²) in [6.45, 7) is 8.97. The van der Waals surface area contributed by atoms with E-state index in [1.165, 1.54) is 32.1 Å². The molecule has 0 saturated heterocycles. The first kappa shape index (κ1) is 18.9. The monoisotopic (exact) mass is 299 g/mol. The van der Waals surface area contributed by atoms with Gasteiger partial charge in [0.2, 0.25) is 0 Å². The smallest absolute Gasteiger partial charge is 0.0614 e. The Morgan fingerprint density at radius 2 is 2.00 bits per heavy atom. The quantitative estimate of drug-likeness (QED) is 0.598. The normalized spacial score (nSPS) is 28.0. The topological polar surface area (TPSA) is 41.5 Å². The molecule has 126 valence electrons. The van der Waals surface area contributed by atoms with Crippen LogP contribution in [0, 0.1) is 0 Å². The van der Waals surface area contributed by atoms with E-state index in [1.54, 1.807) is 0 Å². The Hall–Kier alpha value is -0.120. The molecule has 0 spiro atoms. The molecule has 1 aliphatic carbocycles. The molecule has 0 aromatic carbocycles. The Bertz CT molecular complexity index is 270. The molecule has 1 saturated carbocycles. The molecule has 0 aromatic heterocycles. The fraction of sp³-hybridized carbons (Fsp3) is 1.00. The highest BCUT2D eigenvalue weighted by Crippen LogP contribution is 2.31. The van der Waals surface area contributed by atoms with Gasteiger partial charge in [0, 0.05) is 11.6 Å². The summed E-state index contributed by atoms with van der Waals surface area (Å²) in [5, 5.41) is 13.4. The van der Waals surface area contributed by atoms with Crippen molar-refractivity contribution in [1.29, 1.82) is 0 Å². The number of ether oxygens (including phenoxy) is 1. The minimum Gasteiger partial charge on any atom is -0.394 e. The summed E-state index contributed by atoms with van der Waals surface area (Å²) in [4.78, 5) is 0. The zero-order valence-electron chi connectivity index (χ0n) is 14.7. The van der Waals surface area contributed by atoms with E-state index in [2.05, 4.69) is 33.0 Å². The van der Waals surface area contributed by atoms with Gasteiger partial charge >= 0.3 is 0 Å². The average molecular weight is 299 g/mol. The molecule has 1 fully saturated rings. The van der Waals surface area contributed by atoms with Crippen LogP contribution >= 0.6 is 0 Å². The largest absolute Gasteiger partial charge is 0.394 e. The number of unbranched alkanes of at least 4 members (excludes halogenated alkanes) is 3. The molecule has 1 aliphatic rings. The molecule has 3 unspecified atom stereocenters. The third-order valence-corrected chi connectivity index (χ3v) is 4.59. The lowest BCUT2D eigenvalue weighted by atomic mass is 9.80. The van der Waals surface area contributed by atoms with Crippen LogP contribution in [-0.2, 0) is 4.74 Å². The number of aliphatic hydroxyl groups excluding tert-OH is 1. The van der Waals surface area contributed by atoms with Crippen molar-refractivity contribution < 1.29 is 9.84 Å². The summed E-state index contributed by atoms with van der Waals surface area (Å²) in [5.74, 6) is 0. The molecule has 1 rings (SSSR count). The van der Waals surface area contributed by atoms with Gasteiger partial charge in [0.1, 0.15) is 0 Å². The number of hydrogen-bond acceptors (Lipinski definition) is 3. The Labute approximate surface area is 131 Å². The van der Waals surface area contributed by atoms with Gasteiger partial charge in [-0.25, -0.2) is 0 Å². The Morgan fingerprint density at radius 3 is 2.62 bits per heavy atom. The van der Waals surface area contributed by atoms with Crippen molar-refractivity contribution in [3.8, 4) is 0 Å². The summed E-state index contributed by atoms with van der Waals surface area (Å²) >= 11 is 0. The van der Waals surface area contributed by atoms with Gasteiger partial charge in [-0.1, -0.05) is 46.5 Å². The van der Waals surface area contributed by atoms with Crippen LogP contribution in [0.2, 0.25) is 0 Å². The van der Waals surface area contributed by atoms with Gasteiger partial charge in [0.25, 0.3) is 0 Å². The van der Waals surface area contributed by atoms with Crippen molar-refractivity contribution >= 4 is 0 Å². The summed E-state index contributed by atoms with van der Waals surface area (Å²) in [7, 11) is 0. The second-order valence-electron chi connectivity index (χ2n) is 7.25. The van der Waals surface area contributed by atoms with Crippen LogP contribution in [0.25, 0.3) is 0 Å². The van der Waals surface area contributed by atoms with E-state index in [0.717, 1.165) is 25.7 Å². The van der Waals surface area contributed by atoms with Gasteiger partial charge in [-0.05, 0) is 39.0 Å². The Morgan fingerprint density at radius 1 is 1.24 bits per heavy atom. The van der Waals surface area contributed by atoms with Crippen molar-refractivity contribution in [3.05, 3.63) is 0 Å². The highest BCUT2D eigenvalue weighted by atomic mass is 16.5. The van der Waals surface area contributed by atoms with Crippen LogP contribution in [0.15, 0.2) is 0 Å². The van der Waals surface area contributed by atoms with E-state index < -0.39 is 0 Å². The SMILES string of the molecule is CCCCCCC(C)OC1CCCC(CO)(NC(C)C)C1. The third-order valence-electron chi connectivity index (χ3n) is 4.59. The minimum absolute atomic E-state index is 0.126. The van der Waals surface area contributed by atoms with E-state index in [4.69, 9.17) is 4.74 Å². The molecule has 3 heteroatoms. The second-order valence-corrected chi connectivity index (χ2v) is 7.25. The van der Waals surface area contributed by atoms with E-state index >= 15 is 0 Å². The number of nitrogens with one attached hydrogen (secondary N) is 1. The van der Waals surface area contributed by atoms with Crippen LogP contribution < -0.4 is 5.32 Å². The number of hydrogen-bond donors (Lipinski definition) is 2. The van der Waals surface area contributed by atoms with E-state index in [0.29, 0.717) is 18.2 Å². The Kier molecular flexibility index (Phi) is 8.84. The molecule has 3 nitrogen and oxygen atoms in total. The summed E-state index contributed by atoms with van der Waals surface area (Å²) < 4.78 is 6.26. The van der Waals surface area contributed by atoms with Gasteiger partial charge in [-0.15, -0.1) is 0 Å². The highest BCUT2D eigenvalue weighted by Gasteiger charge is 2.37. The zero-order valence-corrected chi connectivity index (χ0v) is 14.7. The van der Waals surface area contributed by atoms with Crippen LogP contribution in [-0.4, -0.2) is 35.5 Å². The fourth-order valence-corrected chi connectivity index (χ4v) is 3.61. The standard InChI is InChI=1S/C18H37NO2/c1-5-6-7-8-10-16(4)21-17-11-9-12-18(13-17,14-20)19-15(2)3/h15-17,19-20H,5-14H2,1-4H3. The molecule has 0 aromatic rings. The van der Waals surface area contributed by atoms with Crippen molar-refractivity contribution in [2.75, 3.05) is 6.61 Å². The maximum Gasteiger partial charge on any atom is 0.0614 e. The van der Waals surface area contributed by atoms with Crippen molar-refractivity contribution in [2.24, 2.45) is 0 Å². The van der Waals surface area contributed by atoms with Crippen molar-refractivity contribution in [2.45, 2.75) is 109 Å². The lowest BCUT2D eigenvalue weighted by molar-refractivity contribution is -0.0551. The first-order chi connectivity index (χ1) is 10.0. The predicted molar refractivity (Wildman–Crippen MR) is 89.7 cm³/mol. The maximum atomic E-state index is 9.82. The zero-order chi connectivity index (χ0) is 15.7. The van der Waals surface area contributed by atoms with E-state index in [9.17, 15) is 5.11 Å². The lowest BCUT2D eigenvalue weighted by Crippen LogP contribution is -2.55. The predicted octanol–water partition coefficient (Wildman–Crippen LogP) is 4.03. The van der Waals surface area contributed by atoms with Gasteiger partial charge in [-0.2, -0.15) is 0 Å². The summed E-state index contributed by atoms with van der Waals surface area (Å²) in [6.07, 6.45) is 11.3. The molecule has 0 amide bonds. The molecule has 0 radical (unpaired) electrons. The molecule has 21 heavy (non-hydrogen) atoms. The molecule has 2 N–H and O–H groups in total. The Balaban J connectivity index is 2.37.